The summed E-state index contributed by atoms with van der Waals surface area (Å²) in [5.74, 6) is 0.0416. The third kappa shape index (κ3) is 5.64. The number of aryl methyl sites for hydroxylation is 2. The number of carbonyl (C=O) groups excluding carboxylic acids is 1. The summed E-state index contributed by atoms with van der Waals surface area (Å²) in [6, 6.07) is 6.05. The van der Waals surface area contributed by atoms with Gasteiger partial charge in [0.1, 0.15) is 0 Å². The molecular weight excluding hydrogens is 360 g/mol. The second-order valence-corrected chi connectivity index (χ2v) is 7.79. The smallest absolute Gasteiger partial charge is 0.238 e. The van der Waals surface area contributed by atoms with Crippen molar-refractivity contribution in [3.8, 4) is 0 Å². The second-order valence-electron chi connectivity index (χ2n) is 7.40. The number of hydrogen-bond donors (Lipinski definition) is 2. The van der Waals surface area contributed by atoms with Crippen molar-refractivity contribution in [2.75, 3.05) is 51.2 Å². The first-order chi connectivity index (χ1) is 13.0. The minimum Gasteiger partial charge on any atom is -0.376 e. The molecule has 1 aromatic rings. The van der Waals surface area contributed by atoms with Gasteiger partial charge in [0.2, 0.25) is 5.91 Å². The summed E-state index contributed by atoms with van der Waals surface area (Å²) >= 11 is 5.51. The lowest BCUT2D eigenvalue weighted by atomic mass is 10.1. The molecule has 27 heavy (non-hydrogen) atoms. The van der Waals surface area contributed by atoms with Crippen molar-refractivity contribution in [3.05, 3.63) is 29.3 Å². The van der Waals surface area contributed by atoms with E-state index in [0.29, 0.717) is 6.54 Å². The molecule has 0 bridgehead atoms. The molecule has 0 saturated carbocycles. The Morgan fingerprint density at radius 3 is 2.56 bits per heavy atom. The van der Waals surface area contributed by atoms with Gasteiger partial charge in [-0.05, 0) is 50.0 Å². The van der Waals surface area contributed by atoms with Crippen LogP contribution in [0.15, 0.2) is 18.2 Å². The molecule has 2 fully saturated rings. The molecule has 2 saturated heterocycles. The monoisotopic (exact) mass is 390 g/mol. The molecule has 2 aliphatic heterocycles. The Morgan fingerprint density at radius 2 is 1.93 bits per heavy atom. The first kappa shape index (κ1) is 20.0. The van der Waals surface area contributed by atoms with Crippen molar-refractivity contribution < 1.29 is 9.53 Å². The predicted octanol–water partition coefficient (Wildman–Crippen LogP) is 1.91. The van der Waals surface area contributed by atoms with Gasteiger partial charge in [0.05, 0.1) is 12.6 Å². The zero-order chi connectivity index (χ0) is 19.2. The average Bonchev–Trinajstić information content (AvgIpc) is 3.17. The Balaban J connectivity index is 1.39. The fraction of sp³-hybridized carbons (Fsp3) is 0.600. The lowest BCUT2D eigenvalue weighted by Gasteiger charge is -2.36. The summed E-state index contributed by atoms with van der Waals surface area (Å²) < 4.78 is 5.62. The van der Waals surface area contributed by atoms with Crippen LogP contribution >= 0.6 is 12.2 Å². The Morgan fingerprint density at radius 1 is 1.22 bits per heavy atom. The van der Waals surface area contributed by atoms with Crippen LogP contribution in [0.5, 0.6) is 0 Å². The number of rotatable bonds is 5. The van der Waals surface area contributed by atoms with Gasteiger partial charge in [-0.25, -0.2) is 0 Å². The van der Waals surface area contributed by atoms with E-state index in [1.54, 1.807) is 0 Å². The number of ether oxygens (including phenoxy) is 1. The predicted molar refractivity (Wildman–Crippen MR) is 112 cm³/mol. The third-order valence-electron chi connectivity index (χ3n) is 5.28. The molecule has 1 atom stereocenters. The average molecular weight is 391 g/mol. The van der Waals surface area contributed by atoms with Gasteiger partial charge in [-0.15, -0.1) is 0 Å². The molecule has 2 heterocycles. The first-order valence-corrected chi connectivity index (χ1v) is 10.2. The van der Waals surface area contributed by atoms with E-state index in [9.17, 15) is 4.79 Å². The highest BCUT2D eigenvalue weighted by Gasteiger charge is 2.22. The molecule has 0 spiro atoms. The summed E-state index contributed by atoms with van der Waals surface area (Å²) in [5.41, 5.74) is 3.12. The number of anilines is 1. The van der Waals surface area contributed by atoms with Crippen molar-refractivity contribution in [2.45, 2.75) is 32.8 Å². The van der Waals surface area contributed by atoms with Gasteiger partial charge in [0, 0.05) is 45.0 Å². The normalized spacial score (nSPS) is 20.5. The quantitative estimate of drug-likeness (QED) is 0.749. The molecule has 148 valence electrons. The highest BCUT2D eigenvalue weighted by atomic mass is 32.1. The minimum absolute atomic E-state index is 0.0416. The molecule has 6 nitrogen and oxygen atoms in total. The molecule has 1 amide bonds. The lowest BCUT2D eigenvalue weighted by Crippen LogP contribution is -2.53. The highest BCUT2D eigenvalue weighted by Crippen LogP contribution is 2.19. The van der Waals surface area contributed by atoms with E-state index in [-0.39, 0.29) is 12.0 Å². The lowest BCUT2D eigenvalue weighted by molar-refractivity contribution is -0.117. The van der Waals surface area contributed by atoms with Crippen LogP contribution in [0.3, 0.4) is 0 Å². The number of piperazine rings is 1. The zero-order valence-electron chi connectivity index (χ0n) is 16.3. The molecule has 1 aromatic carbocycles. The van der Waals surface area contributed by atoms with E-state index < -0.39 is 0 Å². The Hall–Kier alpha value is -1.70. The zero-order valence-corrected chi connectivity index (χ0v) is 17.1. The maximum absolute atomic E-state index is 12.4. The van der Waals surface area contributed by atoms with Gasteiger partial charge in [0.15, 0.2) is 5.11 Å². The molecule has 3 rings (SSSR count). The van der Waals surface area contributed by atoms with E-state index in [1.807, 2.05) is 32.0 Å². The van der Waals surface area contributed by atoms with Crippen LogP contribution in [0.4, 0.5) is 5.69 Å². The van der Waals surface area contributed by atoms with Crippen molar-refractivity contribution in [2.24, 2.45) is 0 Å². The van der Waals surface area contributed by atoms with E-state index in [2.05, 4.69) is 20.4 Å². The number of nitrogens with one attached hydrogen (secondary N) is 2. The van der Waals surface area contributed by atoms with E-state index in [0.717, 1.165) is 74.1 Å². The maximum atomic E-state index is 12.4. The number of nitrogens with zero attached hydrogens (tertiary/aromatic N) is 2. The summed E-state index contributed by atoms with van der Waals surface area (Å²) in [4.78, 5) is 16.8. The third-order valence-corrected chi connectivity index (χ3v) is 5.68. The highest BCUT2D eigenvalue weighted by molar-refractivity contribution is 7.80. The molecule has 7 heteroatoms. The minimum atomic E-state index is 0.0416. The van der Waals surface area contributed by atoms with Crippen LogP contribution < -0.4 is 10.6 Å². The topological polar surface area (TPSA) is 56.8 Å². The molecule has 0 radical (unpaired) electrons. The summed E-state index contributed by atoms with van der Waals surface area (Å²) in [6.45, 7) is 9.46. The molecule has 0 unspecified atom stereocenters. The Kier molecular flexibility index (Phi) is 7.04. The fourth-order valence-electron chi connectivity index (χ4n) is 3.62. The summed E-state index contributed by atoms with van der Waals surface area (Å²) in [5, 5.41) is 7.19. The second kappa shape index (κ2) is 9.48. The van der Waals surface area contributed by atoms with Gasteiger partial charge in [0.25, 0.3) is 0 Å². The van der Waals surface area contributed by atoms with Gasteiger partial charge in [-0.3, -0.25) is 9.69 Å². The maximum Gasteiger partial charge on any atom is 0.238 e. The number of carbonyl (C=O) groups is 1. The van der Waals surface area contributed by atoms with Crippen LogP contribution in [-0.2, 0) is 9.53 Å². The fourth-order valence-corrected chi connectivity index (χ4v) is 3.89. The molecule has 2 N–H and O–H groups in total. The molecule has 0 aliphatic carbocycles. The van der Waals surface area contributed by atoms with E-state index in [1.165, 1.54) is 0 Å². The number of benzene rings is 1. The number of amides is 1. The Labute approximate surface area is 167 Å². The van der Waals surface area contributed by atoms with Crippen LogP contribution in [0.1, 0.15) is 24.0 Å². The van der Waals surface area contributed by atoms with Crippen LogP contribution in [0, 0.1) is 13.8 Å². The van der Waals surface area contributed by atoms with Gasteiger partial charge in [-0.1, -0.05) is 18.2 Å². The van der Waals surface area contributed by atoms with Crippen LogP contribution in [0.25, 0.3) is 0 Å². The van der Waals surface area contributed by atoms with Crippen molar-refractivity contribution in [1.29, 1.82) is 0 Å². The van der Waals surface area contributed by atoms with E-state index >= 15 is 0 Å². The van der Waals surface area contributed by atoms with Crippen molar-refractivity contribution >= 4 is 28.9 Å². The summed E-state index contributed by atoms with van der Waals surface area (Å²) in [7, 11) is 0. The van der Waals surface area contributed by atoms with Gasteiger partial charge >= 0.3 is 0 Å². The van der Waals surface area contributed by atoms with Crippen molar-refractivity contribution in [1.82, 2.24) is 15.1 Å². The number of thiocarbonyl (C=S) groups is 1. The Bertz CT molecular complexity index is 648. The van der Waals surface area contributed by atoms with Gasteiger partial charge in [-0.2, -0.15) is 0 Å². The molecular formula is C20H30N4O2S. The van der Waals surface area contributed by atoms with Crippen molar-refractivity contribution in [3.63, 3.8) is 0 Å². The SMILES string of the molecule is Cc1cccc(C)c1NC(=O)CN1CCN(C(=S)NC[C@@H]2CCCO2)CC1. The molecule has 0 aromatic heterocycles. The van der Waals surface area contributed by atoms with Gasteiger partial charge < -0.3 is 20.3 Å². The first-order valence-electron chi connectivity index (χ1n) is 9.75. The molecule has 2 aliphatic rings. The largest absolute Gasteiger partial charge is 0.376 e. The standard InChI is InChI=1S/C20H30N4O2S/c1-15-5-3-6-16(2)19(15)22-18(25)14-23-8-10-24(11-9-23)20(27)21-13-17-7-4-12-26-17/h3,5-6,17H,4,7-14H2,1-2H3,(H,21,27)(H,22,25)/t17-/m0/s1. The number of para-hydroxylation sites is 1. The van der Waals surface area contributed by atoms with Crippen LogP contribution in [0.2, 0.25) is 0 Å². The van der Waals surface area contributed by atoms with E-state index in [4.69, 9.17) is 17.0 Å². The van der Waals surface area contributed by atoms with Crippen LogP contribution in [-0.4, -0.2) is 72.8 Å². The number of hydrogen-bond acceptors (Lipinski definition) is 4. The summed E-state index contributed by atoms with van der Waals surface area (Å²) in [6.07, 6.45) is 2.54.